The van der Waals surface area contributed by atoms with Crippen LogP contribution >= 0.6 is 0 Å². The number of hydrogen-bond donors (Lipinski definition) is 1. The summed E-state index contributed by atoms with van der Waals surface area (Å²) in [5.41, 5.74) is 0. The highest BCUT2D eigenvalue weighted by Gasteiger charge is 2.32. The molecule has 100 valence electrons. The molecule has 2 aliphatic carbocycles. The summed E-state index contributed by atoms with van der Waals surface area (Å²) in [7, 11) is 0. The van der Waals surface area contributed by atoms with Crippen LogP contribution in [0.2, 0.25) is 0 Å². The van der Waals surface area contributed by atoms with E-state index in [4.69, 9.17) is 0 Å². The fourth-order valence-corrected chi connectivity index (χ4v) is 4.17. The molecule has 1 N–H and O–H groups in total. The lowest BCUT2D eigenvalue weighted by molar-refractivity contribution is 0.144. The quantitative estimate of drug-likeness (QED) is 0.758. The maximum Gasteiger partial charge on any atom is 0.0121 e. The molecule has 17 heavy (non-hydrogen) atoms. The summed E-state index contributed by atoms with van der Waals surface area (Å²) >= 11 is 0. The van der Waals surface area contributed by atoms with Gasteiger partial charge in [0.05, 0.1) is 0 Å². The van der Waals surface area contributed by atoms with Crippen molar-refractivity contribution in [1.29, 1.82) is 0 Å². The van der Waals surface area contributed by atoms with Crippen LogP contribution < -0.4 is 5.32 Å². The molecule has 2 fully saturated rings. The molecule has 1 nitrogen and oxygen atoms in total. The molecular formula is C16H31N. The maximum absolute atomic E-state index is 4.03. The molecular weight excluding hydrogens is 206 g/mol. The second-order valence-electron chi connectivity index (χ2n) is 7.08. The topological polar surface area (TPSA) is 12.0 Å². The van der Waals surface area contributed by atoms with E-state index >= 15 is 0 Å². The fourth-order valence-electron chi connectivity index (χ4n) is 4.17. The smallest absolute Gasteiger partial charge is 0.0121 e. The molecule has 0 spiro atoms. The van der Waals surface area contributed by atoms with Crippen molar-refractivity contribution in [1.82, 2.24) is 5.32 Å². The molecule has 0 bridgehead atoms. The monoisotopic (exact) mass is 237 g/mol. The van der Waals surface area contributed by atoms with Gasteiger partial charge in [0.2, 0.25) is 0 Å². The van der Waals surface area contributed by atoms with Crippen LogP contribution in [0.25, 0.3) is 0 Å². The van der Waals surface area contributed by atoms with E-state index in [0.29, 0.717) is 0 Å². The second kappa shape index (κ2) is 5.73. The van der Waals surface area contributed by atoms with Gasteiger partial charge in [-0.3, -0.25) is 0 Å². The molecule has 0 aromatic rings. The zero-order valence-electron chi connectivity index (χ0n) is 12.2. The predicted octanol–water partition coefficient (Wildman–Crippen LogP) is 4.23. The Morgan fingerprint density at radius 3 is 2.00 bits per heavy atom. The van der Waals surface area contributed by atoms with Crippen molar-refractivity contribution >= 4 is 0 Å². The van der Waals surface area contributed by atoms with Crippen molar-refractivity contribution in [3.63, 3.8) is 0 Å². The first-order valence-electron chi connectivity index (χ1n) is 7.84. The molecule has 0 heterocycles. The third-order valence-corrected chi connectivity index (χ3v) is 5.38. The third-order valence-electron chi connectivity index (χ3n) is 5.38. The van der Waals surface area contributed by atoms with Gasteiger partial charge in [0.1, 0.15) is 0 Å². The van der Waals surface area contributed by atoms with Crippen molar-refractivity contribution in [3.05, 3.63) is 0 Å². The first kappa shape index (κ1) is 13.4. The Hall–Kier alpha value is -0.0400. The Morgan fingerprint density at radius 1 is 0.765 bits per heavy atom. The molecule has 0 amide bonds. The first-order chi connectivity index (χ1) is 8.08. The van der Waals surface area contributed by atoms with Gasteiger partial charge in [-0.25, -0.2) is 0 Å². The summed E-state index contributed by atoms with van der Waals surface area (Å²) in [6.07, 6.45) is 8.56. The summed E-state index contributed by atoms with van der Waals surface area (Å²) in [6, 6.07) is 1.57. The number of nitrogens with one attached hydrogen (secondary N) is 1. The molecule has 5 atom stereocenters. The van der Waals surface area contributed by atoms with Crippen molar-refractivity contribution in [2.75, 3.05) is 0 Å². The first-order valence-corrected chi connectivity index (χ1v) is 7.84. The molecule has 0 aliphatic heterocycles. The largest absolute Gasteiger partial charge is 0.310 e. The Kier molecular flexibility index (Phi) is 4.52. The third kappa shape index (κ3) is 3.24. The van der Waals surface area contributed by atoms with Crippen LogP contribution in [0.3, 0.4) is 0 Å². The molecule has 2 rings (SSSR count). The average molecular weight is 237 g/mol. The van der Waals surface area contributed by atoms with Gasteiger partial charge in [0, 0.05) is 12.1 Å². The Bertz CT molecular complexity index is 228. The van der Waals surface area contributed by atoms with E-state index < -0.39 is 0 Å². The van der Waals surface area contributed by atoms with Crippen LogP contribution in [0.4, 0.5) is 0 Å². The number of rotatable bonds is 2. The van der Waals surface area contributed by atoms with Crippen LogP contribution in [0.15, 0.2) is 0 Å². The van der Waals surface area contributed by atoms with E-state index in [-0.39, 0.29) is 0 Å². The standard InChI is InChI=1S/C16H31N/c1-11-8-9-15(14(4)10-11)17-16-12(2)6-5-7-13(16)3/h11-17H,5-10H2,1-4H3. The van der Waals surface area contributed by atoms with Gasteiger partial charge < -0.3 is 5.32 Å². The molecule has 2 aliphatic rings. The molecule has 0 aromatic carbocycles. The van der Waals surface area contributed by atoms with E-state index in [1.807, 2.05) is 0 Å². The van der Waals surface area contributed by atoms with Crippen molar-refractivity contribution in [3.8, 4) is 0 Å². The Balaban J connectivity index is 1.90. The van der Waals surface area contributed by atoms with E-state index in [1.54, 1.807) is 0 Å². The minimum atomic E-state index is 0.782. The zero-order chi connectivity index (χ0) is 12.4. The van der Waals surface area contributed by atoms with E-state index in [1.165, 1.54) is 38.5 Å². The summed E-state index contributed by atoms with van der Waals surface area (Å²) in [5.74, 6) is 3.58. The molecule has 2 saturated carbocycles. The van der Waals surface area contributed by atoms with Crippen LogP contribution in [-0.4, -0.2) is 12.1 Å². The average Bonchev–Trinajstić information content (AvgIpc) is 2.26. The van der Waals surface area contributed by atoms with E-state index in [0.717, 1.165) is 35.8 Å². The van der Waals surface area contributed by atoms with Crippen molar-refractivity contribution < 1.29 is 0 Å². The fraction of sp³-hybridized carbons (Fsp3) is 1.00. The normalized spacial score (nSPS) is 48.0. The summed E-state index contributed by atoms with van der Waals surface area (Å²) in [5, 5.41) is 4.03. The van der Waals surface area contributed by atoms with Gasteiger partial charge in [-0.05, 0) is 55.8 Å². The van der Waals surface area contributed by atoms with E-state index in [9.17, 15) is 0 Å². The molecule has 0 saturated heterocycles. The summed E-state index contributed by atoms with van der Waals surface area (Å²) < 4.78 is 0. The minimum Gasteiger partial charge on any atom is -0.310 e. The highest BCUT2D eigenvalue weighted by molar-refractivity contribution is 4.89. The summed E-state index contributed by atoms with van der Waals surface area (Å²) in [4.78, 5) is 0. The van der Waals surface area contributed by atoms with Gasteiger partial charge in [-0.2, -0.15) is 0 Å². The lowest BCUT2D eigenvalue weighted by Gasteiger charge is -2.42. The highest BCUT2D eigenvalue weighted by Crippen LogP contribution is 2.33. The van der Waals surface area contributed by atoms with Crippen molar-refractivity contribution in [2.24, 2.45) is 23.7 Å². The van der Waals surface area contributed by atoms with Gasteiger partial charge in [0.25, 0.3) is 0 Å². The van der Waals surface area contributed by atoms with Crippen molar-refractivity contribution in [2.45, 2.75) is 78.3 Å². The molecule has 5 unspecified atom stereocenters. The zero-order valence-corrected chi connectivity index (χ0v) is 12.2. The minimum absolute atomic E-state index is 0.782. The SMILES string of the molecule is CC1CCC(NC2C(C)CCCC2C)C(C)C1. The summed E-state index contributed by atoms with van der Waals surface area (Å²) in [6.45, 7) is 9.76. The molecule has 1 heteroatoms. The number of hydrogen-bond acceptors (Lipinski definition) is 1. The lowest BCUT2D eigenvalue weighted by atomic mass is 9.75. The second-order valence-corrected chi connectivity index (χ2v) is 7.08. The Labute approximate surface area is 108 Å². The molecule has 0 aromatic heterocycles. The van der Waals surface area contributed by atoms with Gasteiger partial charge >= 0.3 is 0 Å². The maximum atomic E-state index is 4.03. The van der Waals surface area contributed by atoms with Crippen LogP contribution in [-0.2, 0) is 0 Å². The van der Waals surface area contributed by atoms with Crippen LogP contribution in [0.1, 0.15) is 66.2 Å². The van der Waals surface area contributed by atoms with E-state index in [2.05, 4.69) is 33.0 Å². The lowest BCUT2D eigenvalue weighted by Crippen LogP contribution is -2.51. The van der Waals surface area contributed by atoms with Gasteiger partial charge in [-0.1, -0.05) is 34.1 Å². The van der Waals surface area contributed by atoms with Crippen LogP contribution in [0, 0.1) is 23.7 Å². The van der Waals surface area contributed by atoms with Crippen LogP contribution in [0.5, 0.6) is 0 Å². The highest BCUT2D eigenvalue weighted by atomic mass is 15.0. The molecule has 0 radical (unpaired) electrons. The Morgan fingerprint density at radius 2 is 1.41 bits per heavy atom. The predicted molar refractivity (Wildman–Crippen MR) is 75.1 cm³/mol. The van der Waals surface area contributed by atoms with Gasteiger partial charge in [0.15, 0.2) is 0 Å². The van der Waals surface area contributed by atoms with Gasteiger partial charge in [-0.15, -0.1) is 0 Å².